The molecule has 0 aliphatic carbocycles. The maximum absolute atomic E-state index is 12.5. The highest BCUT2D eigenvalue weighted by Gasteiger charge is 2.42. The van der Waals surface area contributed by atoms with Crippen molar-refractivity contribution in [1.29, 1.82) is 0 Å². The summed E-state index contributed by atoms with van der Waals surface area (Å²) < 4.78 is 56.3. The topological polar surface area (TPSA) is 112 Å². The molecule has 0 aromatic carbocycles. The van der Waals surface area contributed by atoms with Gasteiger partial charge in [0.25, 0.3) is 5.56 Å². The van der Waals surface area contributed by atoms with E-state index in [4.69, 9.17) is 13.9 Å². The highest BCUT2D eigenvalue weighted by Crippen LogP contribution is 2.38. The van der Waals surface area contributed by atoms with Crippen LogP contribution in [0.3, 0.4) is 0 Å². The lowest BCUT2D eigenvalue weighted by Crippen LogP contribution is -2.44. The van der Waals surface area contributed by atoms with Gasteiger partial charge in [-0.3, -0.25) is 19.1 Å². The molecule has 1 aliphatic rings. The standard InChI is InChI=1S/C22H32F3N3O6SSi/c1-21(2,3)36(5,6)33-12-16-15(32-13-35-4)10-17(34-16)28-11-14(18(29)27-20(28)31)8-7-9-26-19(30)22(23,24)25/h11,15-17H,9-10,12-13H2,1-6H3,(H,26,30)(H,27,29,31)/t15-,16-,17-/m1/s1. The van der Waals surface area contributed by atoms with Crippen molar-refractivity contribution in [2.45, 2.75) is 69.9 Å². The van der Waals surface area contributed by atoms with Gasteiger partial charge in [0.15, 0.2) is 8.32 Å². The van der Waals surface area contributed by atoms with Crippen LogP contribution in [0.5, 0.6) is 0 Å². The van der Waals surface area contributed by atoms with Gasteiger partial charge in [-0.2, -0.15) is 13.2 Å². The highest BCUT2D eigenvalue weighted by atomic mass is 32.2. The maximum Gasteiger partial charge on any atom is 0.471 e. The van der Waals surface area contributed by atoms with Crippen LogP contribution < -0.4 is 16.6 Å². The summed E-state index contributed by atoms with van der Waals surface area (Å²) in [6.45, 7) is 10.2. The molecule has 3 atom stereocenters. The van der Waals surface area contributed by atoms with E-state index in [2.05, 4.69) is 50.7 Å². The van der Waals surface area contributed by atoms with E-state index in [1.807, 2.05) is 6.26 Å². The molecule has 1 amide bonds. The monoisotopic (exact) mass is 551 g/mol. The molecule has 1 aliphatic heterocycles. The fraction of sp³-hybridized carbons (Fsp3) is 0.682. The quantitative estimate of drug-likeness (QED) is 0.290. The number of aromatic nitrogens is 2. The van der Waals surface area contributed by atoms with Gasteiger partial charge in [0, 0.05) is 12.6 Å². The number of rotatable bonds is 8. The Morgan fingerprint density at radius 1 is 1.33 bits per heavy atom. The molecule has 9 nitrogen and oxygen atoms in total. The second kappa shape index (κ2) is 12.0. The zero-order chi connectivity index (χ0) is 27.3. The molecule has 1 aromatic rings. The third-order valence-electron chi connectivity index (χ3n) is 6.09. The molecular formula is C22H32F3N3O6SSi. The van der Waals surface area contributed by atoms with Crippen molar-refractivity contribution in [1.82, 2.24) is 14.9 Å². The van der Waals surface area contributed by atoms with Crippen molar-refractivity contribution in [3.05, 3.63) is 32.6 Å². The van der Waals surface area contributed by atoms with E-state index in [1.54, 1.807) is 5.32 Å². The van der Waals surface area contributed by atoms with Crippen LogP contribution in [0.25, 0.3) is 0 Å². The van der Waals surface area contributed by atoms with Crippen LogP contribution in [0.1, 0.15) is 39.0 Å². The summed E-state index contributed by atoms with van der Waals surface area (Å²) in [5, 5.41) is 1.58. The number of carbonyl (C=O) groups is 1. The van der Waals surface area contributed by atoms with Crippen molar-refractivity contribution in [3.63, 3.8) is 0 Å². The number of hydrogen-bond acceptors (Lipinski definition) is 7. The molecule has 0 radical (unpaired) electrons. The van der Waals surface area contributed by atoms with Crippen LogP contribution in [0.4, 0.5) is 13.2 Å². The normalized spacial score (nSPS) is 20.6. The Hall–Kier alpha value is -2.05. The predicted molar refractivity (Wildman–Crippen MR) is 132 cm³/mol. The van der Waals surface area contributed by atoms with Gasteiger partial charge in [-0.05, 0) is 24.4 Å². The number of hydrogen-bond donors (Lipinski definition) is 2. The van der Waals surface area contributed by atoms with Crippen molar-refractivity contribution < 1.29 is 31.9 Å². The summed E-state index contributed by atoms with van der Waals surface area (Å²) in [6.07, 6.45) is -3.24. The first-order valence-electron chi connectivity index (χ1n) is 11.2. The Bertz CT molecular complexity index is 1100. The molecule has 0 saturated carbocycles. The largest absolute Gasteiger partial charge is 0.471 e. The number of thioether (sulfide) groups is 1. The lowest BCUT2D eigenvalue weighted by Gasteiger charge is -2.37. The van der Waals surface area contributed by atoms with Gasteiger partial charge in [-0.25, -0.2) is 4.79 Å². The third kappa shape index (κ3) is 7.97. The Labute approximate surface area is 212 Å². The van der Waals surface area contributed by atoms with Crippen LogP contribution in [0.15, 0.2) is 15.8 Å². The number of nitrogens with one attached hydrogen (secondary N) is 2. The number of ether oxygens (including phenoxy) is 2. The van der Waals surface area contributed by atoms with E-state index in [0.717, 1.165) is 0 Å². The molecule has 0 unspecified atom stereocenters. The zero-order valence-corrected chi connectivity index (χ0v) is 22.9. The fourth-order valence-corrected chi connectivity index (χ4v) is 4.34. The summed E-state index contributed by atoms with van der Waals surface area (Å²) in [7, 11) is -2.08. The number of alkyl halides is 3. The van der Waals surface area contributed by atoms with Crippen LogP contribution in [0, 0.1) is 11.8 Å². The van der Waals surface area contributed by atoms with E-state index in [0.29, 0.717) is 12.4 Å². The molecule has 202 valence electrons. The minimum atomic E-state index is -5.04. The number of nitrogens with zero attached hydrogens (tertiary/aromatic N) is 1. The Morgan fingerprint density at radius 3 is 2.58 bits per heavy atom. The summed E-state index contributed by atoms with van der Waals surface area (Å²) in [5.41, 5.74) is -1.70. The molecule has 2 N–H and O–H groups in total. The lowest BCUT2D eigenvalue weighted by atomic mass is 10.2. The summed E-state index contributed by atoms with van der Waals surface area (Å²) in [5.74, 6) is 2.94. The van der Waals surface area contributed by atoms with Gasteiger partial charge < -0.3 is 19.2 Å². The number of carbonyl (C=O) groups excluding carboxylic acids is 1. The highest BCUT2D eigenvalue weighted by molar-refractivity contribution is 7.98. The van der Waals surface area contributed by atoms with Crippen LogP contribution >= 0.6 is 11.8 Å². The minimum Gasteiger partial charge on any atom is -0.414 e. The lowest BCUT2D eigenvalue weighted by molar-refractivity contribution is -0.173. The van der Waals surface area contributed by atoms with Gasteiger partial charge in [0.2, 0.25) is 0 Å². The third-order valence-corrected chi connectivity index (χ3v) is 11.0. The molecule has 2 heterocycles. The van der Waals surface area contributed by atoms with Gasteiger partial charge in [-0.1, -0.05) is 32.6 Å². The number of halogens is 3. The van der Waals surface area contributed by atoms with E-state index >= 15 is 0 Å². The van der Waals surface area contributed by atoms with Crippen molar-refractivity contribution in [2.24, 2.45) is 0 Å². The van der Waals surface area contributed by atoms with Gasteiger partial charge in [-0.15, -0.1) is 11.8 Å². The molecule has 1 fully saturated rings. The summed E-state index contributed by atoms with van der Waals surface area (Å²) in [6, 6.07) is 0. The van der Waals surface area contributed by atoms with Gasteiger partial charge in [0.05, 0.1) is 25.2 Å². The molecule has 36 heavy (non-hydrogen) atoms. The van der Waals surface area contributed by atoms with Gasteiger partial charge >= 0.3 is 17.8 Å². The average molecular weight is 552 g/mol. The minimum absolute atomic E-state index is 0.0103. The van der Waals surface area contributed by atoms with Crippen LogP contribution in [-0.4, -0.2) is 67.5 Å². The number of amides is 1. The predicted octanol–water partition coefficient (Wildman–Crippen LogP) is 2.58. The Morgan fingerprint density at radius 2 is 2.00 bits per heavy atom. The second-order valence-electron chi connectivity index (χ2n) is 9.74. The second-order valence-corrected chi connectivity index (χ2v) is 15.4. The molecule has 0 bridgehead atoms. The first-order chi connectivity index (χ1) is 16.6. The SMILES string of the molecule is CSCO[C@@H]1C[C@H](n2cc(C#CCNC(=O)C(F)(F)F)c(=O)[nH]c2=O)O[C@@H]1CO[Si](C)(C)C(C)(C)C. The van der Waals surface area contributed by atoms with E-state index in [1.165, 1.54) is 22.5 Å². The molecular weight excluding hydrogens is 519 g/mol. The molecule has 1 aromatic heterocycles. The molecule has 2 rings (SSSR count). The average Bonchev–Trinajstić information content (AvgIpc) is 3.16. The van der Waals surface area contributed by atoms with E-state index in [9.17, 15) is 27.6 Å². The first-order valence-corrected chi connectivity index (χ1v) is 15.5. The molecule has 14 heteroatoms. The summed E-state index contributed by atoms with van der Waals surface area (Å²) >= 11 is 1.49. The first kappa shape index (κ1) is 30.2. The van der Waals surface area contributed by atoms with E-state index in [-0.39, 0.29) is 23.3 Å². The maximum atomic E-state index is 12.5. The van der Waals surface area contributed by atoms with Crippen LogP contribution in [-0.2, 0) is 18.7 Å². The molecule has 1 saturated heterocycles. The van der Waals surface area contributed by atoms with Crippen molar-refractivity contribution in [3.8, 4) is 11.8 Å². The van der Waals surface area contributed by atoms with E-state index < -0.39 is 50.5 Å². The van der Waals surface area contributed by atoms with Crippen molar-refractivity contribution >= 4 is 26.0 Å². The Kier molecular flexibility index (Phi) is 10.1. The molecule has 0 spiro atoms. The fourth-order valence-electron chi connectivity index (χ4n) is 3.01. The zero-order valence-electron chi connectivity index (χ0n) is 21.1. The van der Waals surface area contributed by atoms with Crippen LogP contribution in [0.2, 0.25) is 18.1 Å². The van der Waals surface area contributed by atoms with Gasteiger partial charge in [0.1, 0.15) is 17.9 Å². The number of H-pyrrole nitrogens is 1. The Balaban J connectivity index is 2.21. The smallest absolute Gasteiger partial charge is 0.414 e. The number of aromatic amines is 1. The van der Waals surface area contributed by atoms with Crippen molar-refractivity contribution in [2.75, 3.05) is 25.3 Å². The summed E-state index contributed by atoms with van der Waals surface area (Å²) in [4.78, 5) is 37.7.